The molecule has 9 heavy (non-hydrogen) atoms. The molecule has 0 aromatic rings. The van der Waals surface area contributed by atoms with Crippen LogP contribution in [-0.4, -0.2) is 25.3 Å². The van der Waals surface area contributed by atoms with Gasteiger partial charge in [0.2, 0.25) is 0 Å². The van der Waals surface area contributed by atoms with Crippen LogP contribution in [0.25, 0.3) is 0 Å². The SMILES string of the molecule is CNSC(=N)C(C)OC. The zero-order chi connectivity index (χ0) is 7.28. The van der Waals surface area contributed by atoms with Crippen molar-refractivity contribution in [2.45, 2.75) is 13.0 Å². The molecule has 4 heteroatoms. The topological polar surface area (TPSA) is 45.1 Å². The molecule has 0 aliphatic carbocycles. The Bertz CT molecular complexity index is 97.0. The molecule has 0 bridgehead atoms. The van der Waals surface area contributed by atoms with Crippen molar-refractivity contribution in [3.05, 3.63) is 0 Å². The molecule has 0 amide bonds. The standard InChI is InChI=1S/C5H12N2OS/c1-4(8-3)5(6)9-7-2/h4,6-7H,1-3H3. The molecule has 1 atom stereocenters. The van der Waals surface area contributed by atoms with Gasteiger partial charge in [0.25, 0.3) is 0 Å². The number of rotatable bonds is 3. The third-order valence-corrected chi connectivity index (χ3v) is 1.69. The maximum Gasteiger partial charge on any atom is 0.108 e. The summed E-state index contributed by atoms with van der Waals surface area (Å²) in [5.41, 5.74) is 0. The Morgan fingerprint density at radius 3 is 2.67 bits per heavy atom. The van der Waals surface area contributed by atoms with Crippen LogP contribution in [0.4, 0.5) is 0 Å². The molecule has 54 valence electrons. The highest BCUT2D eigenvalue weighted by molar-refractivity contribution is 8.12. The molecule has 0 heterocycles. The first-order valence-electron chi connectivity index (χ1n) is 2.67. The molecule has 0 fully saturated rings. The molecule has 2 N–H and O–H groups in total. The molecule has 1 unspecified atom stereocenters. The van der Waals surface area contributed by atoms with E-state index >= 15 is 0 Å². The minimum Gasteiger partial charge on any atom is -0.375 e. The fourth-order valence-electron chi connectivity index (χ4n) is 0.300. The summed E-state index contributed by atoms with van der Waals surface area (Å²) in [4.78, 5) is 0. The minimum atomic E-state index is -0.0950. The van der Waals surface area contributed by atoms with Gasteiger partial charge < -0.3 is 4.74 Å². The van der Waals surface area contributed by atoms with Crippen LogP contribution < -0.4 is 4.72 Å². The first-order valence-corrected chi connectivity index (χ1v) is 3.48. The number of hydrogen-bond acceptors (Lipinski definition) is 4. The molecule has 0 rings (SSSR count). The Hall–Kier alpha value is -0.0600. The van der Waals surface area contributed by atoms with Gasteiger partial charge in [-0.1, -0.05) is 0 Å². The quantitative estimate of drug-likeness (QED) is 0.354. The van der Waals surface area contributed by atoms with E-state index in [2.05, 4.69) is 4.72 Å². The third-order valence-electron chi connectivity index (χ3n) is 0.935. The summed E-state index contributed by atoms with van der Waals surface area (Å²) in [5, 5.41) is 7.77. The number of nitrogens with one attached hydrogen (secondary N) is 2. The van der Waals surface area contributed by atoms with Crippen LogP contribution in [0.1, 0.15) is 6.92 Å². The van der Waals surface area contributed by atoms with Gasteiger partial charge in [-0.25, -0.2) is 0 Å². The molecule has 0 saturated carbocycles. The molecule has 0 spiro atoms. The first-order chi connectivity index (χ1) is 4.22. The number of methoxy groups -OCH3 is 1. The Morgan fingerprint density at radius 2 is 2.33 bits per heavy atom. The van der Waals surface area contributed by atoms with Crippen molar-refractivity contribution in [1.29, 1.82) is 5.41 Å². The van der Waals surface area contributed by atoms with Crippen molar-refractivity contribution < 1.29 is 4.74 Å². The second-order valence-electron chi connectivity index (χ2n) is 1.55. The van der Waals surface area contributed by atoms with Crippen LogP contribution in [0.2, 0.25) is 0 Å². The van der Waals surface area contributed by atoms with E-state index in [1.165, 1.54) is 11.9 Å². The van der Waals surface area contributed by atoms with Crippen LogP contribution in [0.3, 0.4) is 0 Å². The first kappa shape index (κ1) is 8.94. The van der Waals surface area contributed by atoms with E-state index in [4.69, 9.17) is 10.1 Å². The molecule has 0 aromatic heterocycles. The predicted molar refractivity (Wildman–Crippen MR) is 40.8 cm³/mol. The van der Waals surface area contributed by atoms with Crippen LogP contribution in [-0.2, 0) is 4.74 Å². The van der Waals surface area contributed by atoms with E-state index in [0.29, 0.717) is 5.04 Å². The zero-order valence-corrected chi connectivity index (χ0v) is 6.71. The minimum absolute atomic E-state index is 0.0950. The molecule has 3 nitrogen and oxygen atoms in total. The van der Waals surface area contributed by atoms with Gasteiger partial charge in [-0.15, -0.1) is 0 Å². The van der Waals surface area contributed by atoms with Gasteiger partial charge in [0.1, 0.15) is 11.1 Å². The highest BCUT2D eigenvalue weighted by atomic mass is 32.2. The monoisotopic (exact) mass is 148 g/mol. The van der Waals surface area contributed by atoms with E-state index in [9.17, 15) is 0 Å². The Labute approximate surface area is 59.8 Å². The fraction of sp³-hybridized carbons (Fsp3) is 0.800. The smallest absolute Gasteiger partial charge is 0.108 e. The van der Waals surface area contributed by atoms with Crippen LogP contribution in [0, 0.1) is 5.41 Å². The summed E-state index contributed by atoms with van der Waals surface area (Å²) in [6.45, 7) is 1.84. The fourth-order valence-corrected chi connectivity index (χ4v) is 0.782. The van der Waals surface area contributed by atoms with Crippen molar-refractivity contribution in [2.75, 3.05) is 14.2 Å². The summed E-state index contributed by atoms with van der Waals surface area (Å²) in [6.07, 6.45) is -0.0950. The normalized spacial score (nSPS) is 13.2. The largest absolute Gasteiger partial charge is 0.375 e. The van der Waals surface area contributed by atoms with Crippen LogP contribution in [0.5, 0.6) is 0 Å². The molecular weight excluding hydrogens is 136 g/mol. The summed E-state index contributed by atoms with van der Waals surface area (Å²) >= 11 is 1.27. The molecule has 0 saturated heterocycles. The summed E-state index contributed by atoms with van der Waals surface area (Å²) in [6, 6.07) is 0. The van der Waals surface area contributed by atoms with Gasteiger partial charge in [-0.05, 0) is 25.9 Å². The van der Waals surface area contributed by atoms with Crippen LogP contribution in [0.15, 0.2) is 0 Å². The molecule has 0 aromatic carbocycles. The lowest BCUT2D eigenvalue weighted by Gasteiger charge is -2.08. The van der Waals surface area contributed by atoms with Gasteiger partial charge in [-0.3, -0.25) is 10.1 Å². The van der Waals surface area contributed by atoms with Crippen molar-refractivity contribution in [2.24, 2.45) is 0 Å². The average molecular weight is 148 g/mol. The zero-order valence-electron chi connectivity index (χ0n) is 5.89. The lowest BCUT2D eigenvalue weighted by molar-refractivity contribution is 0.172. The maximum absolute atomic E-state index is 7.27. The van der Waals surface area contributed by atoms with E-state index in [-0.39, 0.29) is 6.10 Å². The van der Waals surface area contributed by atoms with E-state index in [0.717, 1.165) is 0 Å². The highest BCUT2D eigenvalue weighted by Crippen LogP contribution is 2.01. The second kappa shape index (κ2) is 4.78. The predicted octanol–water partition coefficient (Wildman–Crippen LogP) is 0.866. The Morgan fingerprint density at radius 1 is 1.78 bits per heavy atom. The van der Waals surface area contributed by atoms with Crippen molar-refractivity contribution in [3.63, 3.8) is 0 Å². The molecular formula is C5H12N2OS. The summed E-state index contributed by atoms with van der Waals surface area (Å²) in [7, 11) is 3.37. The van der Waals surface area contributed by atoms with Gasteiger partial charge in [0, 0.05) is 7.11 Å². The summed E-state index contributed by atoms with van der Waals surface area (Å²) < 4.78 is 7.67. The molecule has 0 aliphatic heterocycles. The average Bonchev–Trinajstić information content (AvgIpc) is 1.87. The Balaban J connectivity index is 3.46. The van der Waals surface area contributed by atoms with Gasteiger partial charge >= 0.3 is 0 Å². The van der Waals surface area contributed by atoms with Crippen molar-refractivity contribution in [3.8, 4) is 0 Å². The number of hydrogen-bond donors (Lipinski definition) is 2. The second-order valence-corrected chi connectivity index (χ2v) is 2.60. The van der Waals surface area contributed by atoms with Gasteiger partial charge in [0.15, 0.2) is 0 Å². The number of ether oxygens (including phenoxy) is 1. The molecule has 0 aliphatic rings. The molecule has 0 radical (unpaired) electrons. The third kappa shape index (κ3) is 3.51. The van der Waals surface area contributed by atoms with E-state index < -0.39 is 0 Å². The maximum atomic E-state index is 7.27. The van der Waals surface area contributed by atoms with E-state index in [1.54, 1.807) is 14.2 Å². The van der Waals surface area contributed by atoms with Crippen molar-refractivity contribution in [1.82, 2.24) is 4.72 Å². The van der Waals surface area contributed by atoms with E-state index in [1.807, 2.05) is 6.92 Å². The summed E-state index contributed by atoms with van der Waals surface area (Å²) in [5.74, 6) is 0. The lowest BCUT2D eigenvalue weighted by atomic mass is 10.4. The van der Waals surface area contributed by atoms with Gasteiger partial charge in [-0.2, -0.15) is 0 Å². The highest BCUT2D eigenvalue weighted by Gasteiger charge is 2.05. The van der Waals surface area contributed by atoms with Crippen molar-refractivity contribution >= 4 is 17.0 Å². The lowest BCUT2D eigenvalue weighted by Crippen LogP contribution is -2.17. The van der Waals surface area contributed by atoms with Gasteiger partial charge in [0.05, 0.1) is 0 Å². The Kier molecular flexibility index (Phi) is 4.75. The van der Waals surface area contributed by atoms with Crippen LogP contribution >= 0.6 is 11.9 Å².